The molecule has 0 fully saturated rings. The highest BCUT2D eigenvalue weighted by atomic mass is 16.5. The molecular weight excluding hydrogens is 220 g/mol. The minimum Gasteiger partial charge on any atom is -0.461 e. The number of carbonyl (C=O) groups is 1. The quantitative estimate of drug-likeness (QED) is 0.577. The summed E-state index contributed by atoms with van der Waals surface area (Å²) in [6.07, 6.45) is 5.82. The Morgan fingerprint density at radius 1 is 1.35 bits per heavy atom. The lowest BCUT2D eigenvalue weighted by Gasteiger charge is -2.00. The number of carbonyl (C=O) groups excluding carboxylic acids is 1. The van der Waals surface area contributed by atoms with Crippen LogP contribution in [0.2, 0.25) is 0 Å². The lowest BCUT2D eigenvalue weighted by molar-refractivity contribution is -0.686. The zero-order chi connectivity index (χ0) is 11.9. The number of nitrogens with zero attached hydrogens (tertiary/aromatic N) is 3. The topological polar surface area (TPSA) is 71.8 Å². The van der Waals surface area contributed by atoms with E-state index in [-0.39, 0.29) is 12.5 Å². The average molecular weight is 233 g/mol. The molecule has 2 aromatic heterocycles. The van der Waals surface area contributed by atoms with Crippen molar-refractivity contribution in [2.75, 3.05) is 6.61 Å². The molecule has 88 valence electrons. The monoisotopic (exact) mass is 233 g/mol. The summed E-state index contributed by atoms with van der Waals surface area (Å²) < 4.78 is 6.84. The molecule has 0 aliphatic heterocycles. The molecule has 0 aliphatic rings. The predicted molar refractivity (Wildman–Crippen MR) is 57.7 cm³/mol. The Morgan fingerprint density at radius 3 is 2.88 bits per heavy atom. The van der Waals surface area contributed by atoms with E-state index < -0.39 is 0 Å². The number of aromatic nitrogens is 4. The first-order chi connectivity index (χ1) is 8.34. The third kappa shape index (κ3) is 3.67. The third-order valence-electron chi connectivity index (χ3n) is 2.18. The highest BCUT2D eigenvalue weighted by Gasteiger charge is 2.09. The van der Waals surface area contributed by atoms with E-state index in [1.807, 2.05) is 30.6 Å². The van der Waals surface area contributed by atoms with Gasteiger partial charge in [-0.2, -0.15) is 20.0 Å². The summed E-state index contributed by atoms with van der Waals surface area (Å²) in [5, 5.41) is 10.0. The zero-order valence-electron chi connectivity index (χ0n) is 9.24. The van der Waals surface area contributed by atoms with E-state index in [2.05, 4.69) is 15.4 Å². The Morgan fingerprint density at radius 2 is 2.18 bits per heavy atom. The maximum Gasteiger partial charge on any atom is 0.372 e. The minimum absolute atomic E-state index is 0.222. The maximum absolute atomic E-state index is 11.5. The second kappa shape index (κ2) is 5.74. The molecule has 0 aromatic carbocycles. The van der Waals surface area contributed by atoms with E-state index in [1.165, 1.54) is 0 Å². The van der Waals surface area contributed by atoms with Crippen molar-refractivity contribution in [1.29, 1.82) is 0 Å². The van der Waals surface area contributed by atoms with Crippen LogP contribution < -0.4 is 4.57 Å². The number of aromatic amines is 1. The SMILES string of the molecule is O=C(C[n+]1ccccc1)OCCc1cn[nH]n1. The molecule has 2 aromatic rings. The van der Waals surface area contributed by atoms with Crippen LogP contribution in [0.25, 0.3) is 0 Å². The first kappa shape index (κ1) is 11.3. The molecule has 2 heterocycles. The van der Waals surface area contributed by atoms with Crippen molar-refractivity contribution in [1.82, 2.24) is 15.4 Å². The Labute approximate surface area is 98.2 Å². The summed E-state index contributed by atoms with van der Waals surface area (Å²) >= 11 is 0. The summed E-state index contributed by atoms with van der Waals surface area (Å²) in [7, 11) is 0. The number of pyridine rings is 1. The van der Waals surface area contributed by atoms with Gasteiger partial charge in [0.15, 0.2) is 12.4 Å². The molecular formula is C11H13N4O2+. The molecule has 0 bridgehead atoms. The Balaban J connectivity index is 1.71. The zero-order valence-corrected chi connectivity index (χ0v) is 9.24. The normalized spacial score (nSPS) is 10.1. The van der Waals surface area contributed by atoms with Crippen molar-refractivity contribution in [2.24, 2.45) is 0 Å². The van der Waals surface area contributed by atoms with Gasteiger partial charge in [-0.25, -0.2) is 4.79 Å². The number of rotatable bonds is 5. The Bertz CT molecular complexity index is 456. The molecule has 1 N–H and O–H groups in total. The van der Waals surface area contributed by atoms with E-state index in [0.717, 1.165) is 5.69 Å². The van der Waals surface area contributed by atoms with Gasteiger partial charge in [-0.05, 0) is 0 Å². The van der Waals surface area contributed by atoms with E-state index in [0.29, 0.717) is 13.0 Å². The van der Waals surface area contributed by atoms with Crippen LogP contribution >= 0.6 is 0 Å². The van der Waals surface area contributed by atoms with Crippen molar-refractivity contribution in [3.8, 4) is 0 Å². The fraction of sp³-hybridized carbons (Fsp3) is 0.273. The van der Waals surface area contributed by atoms with Crippen LogP contribution in [0, 0.1) is 0 Å². The molecule has 0 radical (unpaired) electrons. The molecule has 0 saturated carbocycles. The maximum atomic E-state index is 11.5. The van der Waals surface area contributed by atoms with Crippen molar-refractivity contribution < 1.29 is 14.1 Å². The third-order valence-corrected chi connectivity index (χ3v) is 2.18. The van der Waals surface area contributed by atoms with E-state index in [4.69, 9.17) is 4.74 Å². The minimum atomic E-state index is -0.260. The number of hydrogen-bond acceptors (Lipinski definition) is 4. The number of nitrogens with one attached hydrogen (secondary N) is 1. The number of esters is 1. The van der Waals surface area contributed by atoms with Crippen molar-refractivity contribution in [2.45, 2.75) is 13.0 Å². The van der Waals surface area contributed by atoms with Crippen LogP contribution in [0.5, 0.6) is 0 Å². The van der Waals surface area contributed by atoms with Gasteiger partial charge in [0.1, 0.15) is 0 Å². The van der Waals surface area contributed by atoms with Gasteiger partial charge in [-0.15, -0.1) is 0 Å². The molecule has 0 spiro atoms. The van der Waals surface area contributed by atoms with Crippen LogP contribution in [-0.2, 0) is 22.5 Å². The standard InChI is InChI=1S/C11H13N4O2/c16-11(9-15-5-2-1-3-6-15)17-7-4-10-8-12-14-13-10/h1-3,5-6,8H,4,7,9H2,(H,12,13,14)/q+1. The highest BCUT2D eigenvalue weighted by molar-refractivity contribution is 5.67. The lowest BCUT2D eigenvalue weighted by Crippen LogP contribution is -2.37. The average Bonchev–Trinajstić information content (AvgIpc) is 2.83. The van der Waals surface area contributed by atoms with Gasteiger partial charge in [-0.1, -0.05) is 6.07 Å². The molecule has 0 amide bonds. The molecule has 6 heteroatoms. The van der Waals surface area contributed by atoms with Gasteiger partial charge < -0.3 is 4.74 Å². The summed E-state index contributed by atoms with van der Waals surface area (Å²) in [6, 6.07) is 5.62. The fourth-order valence-corrected chi connectivity index (χ4v) is 1.35. The van der Waals surface area contributed by atoms with E-state index in [1.54, 1.807) is 10.8 Å². The predicted octanol–water partition coefficient (Wildman–Crippen LogP) is -0.122. The van der Waals surface area contributed by atoms with Gasteiger partial charge in [0.05, 0.1) is 18.5 Å². The van der Waals surface area contributed by atoms with Crippen molar-refractivity contribution in [3.05, 3.63) is 42.5 Å². The molecule has 6 nitrogen and oxygen atoms in total. The van der Waals surface area contributed by atoms with Crippen molar-refractivity contribution >= 4 is 5.97 Å². The van der Waals surface area contributed by atoms with Gasteiger partial charge in [0, 0.05) is 18.6 Å². The Kier molecular flexibility index (Phi) is 3.80. The number of H-pyrrole nitrogens is 1. The fourth-order valence-electron chi connectivity index (χ4n) is 1.35. The van der Waals surface area contributed by atoms with E-state index in [9.17, 15) is 4.79 Å². The Hall–Kier alpha value is -2.24. The van der Waals surface area contributed by atoms with Gasteiger partial charge in [-0.3, -0.25) is 0 Å². The molecule has 0 saturated heterocycles. The second-order valence-electron chi connectivity index (χ2n) is 3.48. The summed E-state index contributed by atoms with van der Waals surface area (Å²) in [5.74, 6) is -0.260. The van der Waals surface area contributed by atoms with Crippen LogP contribution in [0.1, 0.15) is 5.69 Å². The van der Waals surface area contributed by atoms with Crippen LogP contribution in [0.15, 0.2) is 36.8 Å². The highest BCUT2D eigenvalue weighted by Crippen LogP contribution is 1.91. The smallest absolute Gasteiger partial charge is 0.372 e. The summed E-state index contributed by atoms with van der Waals surface area (Å²) in [4.78, 5) is 11.5. The second-order valence-corrected chi connectivity index (χ2v) is 3.48. The van der Waals surface area contributed by atoms with Crippen LogP contribution in [0.4, 0.5) is 0 Å². The molecule has 17 heavy (non-hydrogen) atoms. The first-order valence-electron chi connectivity index (χ1n) is 5.29. The summed E-state index contributed by atoms with van der Waals surface area (Å²) in [5.41, 5.74) is 0.783. The molecule has 2 rings (SSSR count). The van der Waals surface area contributed by atoms with Gasteiger partial charge in [0.2, 0.25) is 6.54 Å². The van der Waals surface area contributed by atoms with E-state index >= 15 is 0 Å². The van der Waals surface area contributed by atoms with Crippen molar-refractivity contribution in [3.63, 3.8) is 0 Å². The first-order valence-corrected chi connectivity index (χ1v) is 5.29. The van der Waals surface area contributed by atoms with Gasteiger partial charge >= 0.3 is 5.97 Å². The molecule has 0 aliphatic carbocycles. The van der Waals surface area contributed by atoms with Gasteiger partial charge in [0.25, 0.3) is 0 Å². The molecule has 0 atom stereocenters. The van der Waals surface area contributed by atoms with Crippen LogP contribution in [0.3, 0.4) is 0 Å². The summed E-state index contributed by atoms with van der Waals surface area (Å²) in [6.45, 7) is 0.540. The number of hydrogen-bond donors (Lipinski definition) is 1. The largest absolute Gasteiger partial charge is 0.461 e. The van der Waals surface area contributed by atoms with Crippen LogP contribution in [-0.4, -0.2) is 28.0 Å². The number of ether oxygens (including phenoxy) is 1. The lowest BCUT2D eigenvalue weighted by atomic mass is 10.3. The molecule has 0 unspecified atom stereocenters.